The largest absolute Gasteiger partial charge is 0.469 e. The van der Waals surface area contributed by atoms with Gasteiger partial charge in [0.2, 0.25) is 0 Å². The van der Waals surface area contributed by atoms with Crippen molar-refractivity contribution in [3.8, 4) is 0 Å². The first-order valence-electron chi connectivity index (χ1n) is 5.87. The molecular weight excluding hydrogens is 256 g/mol. The third kappa shape index (κ3) is 2.27. The van der Waals surface area contributed by atoms with Crippen molar-refractivity contribution in [2.24, 2.45) is 7.05 Å². The Hall–Kier alpha value is -1.36. The fourth-order valence-corrected chi connectivity index (χ4v) is 2.52. The molecule has 2 rings (SSSR count). The average Bonchev–Trinajstić information content (AvgIpc) is 2.52. The number of carbonyl (C=O) groups excluding carboxylic acids is 2. The number of aryl methyl sites for hydroxylation is 1. The maximum atomic E-state index is 12.1. The summed E-state index contributed by atoms with van der Waals surface area (Å²) >= 11 is 5.99. The van der Waals surface area contributed by atoms with Crippen molar-refractivity contribution in [2.75, 3.05) is 7.11 Å². The molecule has 0 aliphatic heterocycles. The van der Waals surface area contributed by atoms with Gasteiger partial charge in [-0.25, -0.2) is 0 Å². The van der Waals surface area contributed by atoms with Crippen LogP contribution in [-0.2, 0) is 16.6 Å². The summed E-state index contributed by atoms with van der Waals surface area (Å²) in [6.45, 7) is 0. The van der Waals surface area contributed by atoms with E-state index >= 15 is 0 Å². The molecule has 1 fully saturated rings. The average molecular weight is 271 g/mol. The number of ketones is 1. The van der Waals surface area contributed by atoms with Gasteiger partial charge >= 0.3 is 5.97 Å². The van der Waals surface area contributed by atoms with Crippen molar-refractivity contribution in [3.63, 3.8) is 0 Å². The van der Waals surface area contributed by atoms with Crippen molar-refractivity contribution >= 4 is 23.4 Å². The maximum Gasteiger partial charge on any atom is 0.313 e. The van der Waals surface area contributed by atoms with Crippen LogP contribution in [0.2, 0.25) is 5.15 Å². The van der Waals surface area contributed by atoms with Crippen LogP contribution in [0.5, 0.6) is 0 Å². The summed E-state index contributed by atoms with van der Waals surface area (Å²) in [5, 5.41) is 4.25. The van der Waals surface area contributed by atoms with Gasteiger partial charge in [-0.3, -0.25) is 14.3 Å². The lowest BCUT2D eigenvalue weighted by Gasteiger charge is -2.26. The molecule has 0 spiro atoms. The molecule has 1 aromatic rings. The van der Waals surface area contributed by atoms with Crippen LogP contribution in [0.1, 0.15) is 47.7 Å². The Morgan fingerprint density at radius 1 is 1.50 bits per heavy atom. The molecule has 6 heteroatoms. The molecule has 0 unspecified atom stereocenters. The summed E-state index contributed by atoms with van der Waals surface area (Å²) in [7, 11) is 3.03. The van der Waals surface area contributed by atoms with Gasteiger partial charge in [0.25, 0.3) is 0 Å². The number of aromatic nitrogens is 2. The zero-order chi connectivity index (χ0) is 13.3. The first kappa shape index (κ1) is 13.1. The Bertz CT molecular complexity index is 492. The molecule has 1 aliphatic carbocycles. The predicted molar refractivity (Wildman–Crippen MR) is 65.8 cm³/mol. The predicted octanol–water partition coefficient (Wildman–Crippen LogP) is 2.09. The van der Waals surface area contributed by atoms with Crippen LogP contribution in [0, 0.1) is 0 Å². The van der Waals surface area contributed by atoms with E-state index in [-0.39, 0.29) is 17.4 Å². The third-order valence-electron chi connectivity index (χ3n) is 3.35. The first-order valence-corrected chi connectivity index (χ1v) is 6.24. The Morgan fingerprint density at radius 3 is 2.67 bits per heavy atom. The number of rotatable bonds is 4. The summed E-state index contributed by atoms with van der Waals surface area (Å²) in [6.07, 6.45) is 2.93. The number of Topliss-reactive ketones (excluding diaryl/α,β-unsaturated/α-hetero) is 1. The lowest BCUT2D eigenvalue weighted by atomic mass is 9.81. The van der Waals surface area contributed by atoms with E-state index in [1.165, 1.54) is 7.11 Å². The summed E-state index contributed by atoms with van der Waals surface area (Å²) in [5.41, 5.74) is 1.23. The standard InChI is InChI=1S/C12H15ClN2O3/c1-15-11(7-4-3-5-7)10(12(13)14-15)8(16)6-9(17)18-2/h7H,3-6H2,1-2H3. The lowest BCUT2D eigenvalue weighted by molar-refractivity contribution is -0.139. The molecule has 0 saturated heterocycles. The highest BCUT2D eigenvalue weighted by Crippen LogP contribution is 2.39. The van der Waals surface area contributed by atoms with Crippen LogP contribution in [0.25, 0.3) is 0 Å². The van der Waals surface area contributed by atoms with Gasteiger partial charge in [-0.1, -0.05) is 18.0 Å². The minimum Gasteiger partial charge on any atom is -0.469 e. The second kappa shape index (κ2) is 5.10. The van der Waals surface area contributed by atoms with E-state index < -0.39 is 5.97 Å². The molecular formula is C12H15ClN2O3. The topological polar surface area (TPSA) is 61.2 Å². The van der Waals surface area contributed by atoms with Gasteiger partial charge in [0.1, 0.15) is 6.42 Å². The molecule has 18 heavy (non-hydrogen) atoms. The Kier molecular flexibility index (Phi) is 3.71. The molecule has 98 valence electrons. The number of hydrogen-bond donors (Lipinski definition) is 0. The highest BCUT2D eigenvalue weighted by atomic mass is 35.5. The number of ether oxygens (including phenoxy) is 1. The van der Waals surface area contributed by atoms with E-state index in [9.17, 15) is 9.59 Å². The van der Waals surface area contributed by atoms with Crippen LogP contribution in [-0.4, -0.2) is 28.6 Å². The second-order valence-electron chi connectivity index (χ2n) is 4.48. The van der Waals surface area contributed by atoms with Gasteiger partial charge in [0.15, 0.2) is 10.9 Å². The number of nitrogens with zero attached hydrogens (tertiary/aromatic N) is 2. The maximum absolute atomic E-state index is 12.1. The number of esters is 1. The molecule has 1 saturated carbocycles. The van der Waals surface area contributed by atoms with E-state index in [4.69, 9.17) is 11.6 Å². The van der Waals surface area contributed by atoms with Crippen LogP contribution < -0.4 is 0 Å². The molecule has 1 heterocycles. The molecule has 5 nitrogen and oxygen atoms in total. The molecule has 1 aromatic heterocycles. The molecule has 0 bridgehead atoms. The minimum absolute atomic E-state index is 0.174. The fourth-order valence-electron chi connectivity index (χ4n) is 2.20. The van der Waals surface area contributed by atoms with E-state index in [1.54, 1.807) is 11.7 Å². The molecule has 0 radical (unpaired) electrons. The summed E-state index contributed by atoms with van der Waals surface area (Å²) in [4.78, 5) is 23.2. The van der Waals surface area contributed by atoms with E-state index in [2.05, 4.69) is 9.84 Å². The highest BCUT2D eigenvalue weighted by Gasteiger charge is 2.31. The van der Waals surface area contributed by atoms with E-state index in [0.717, 1.165) is 25.0 Å². The van der Waals surface area contributed by atoms with Gasteiger partial charge in [-0.05, 0) is 12.8 Å². The van der Waals surface area contributed by atoms with Crippen LogP contribution >= 0.6 is 11.6 Å². The number of halogens is 1. The zero-order valence-electron chi connectivity index (χ0n) is 10.4. The fraction of sp³-hybridized carbons (Fsp3) is 0.583. The van der Waals surface area contributed by atoms with Crippen molar-refractivity contribution in [2.45, 2.75) is 31.6 Å². The Balaban J connectivity index is 2.30. The summed E-state index contributed by atoms with van der Waals surface area (Å²) in [5.74, 6) is -0.548. The van der Waals surface area contributed by atoms with Crippen molar-refractivity contribution in [3.05, 3.63) is 16.4 Å². The van der Waals surface area contributed by atoms with Gasteiger partial charge in [-0.15, -0.1) is 0 Å². The quantitative estimate of drug-likeness (QED) is 0.477. The first-order chi connectivity index (χ1) is 8.54. The van der Waals surface area contributed by atoms with Crippen molar-refractivity contribution in [1.29, 1.82) is 0 Å². The lowest BCUT2D eigenvalue weighted by Crippen LogP contribution is -2.18. The Morgan fingerprint density at radius 2 is 2.17 bits per heavy atom. The van der Waals surface area contributed by atoms with Crippen molar-refractivity contribution in [1.82, 2.24) is 9.78 Å². The molecule has 0 amide bonds. The van der Waals surface area contributed by atoms with Gasteiger partial charge < -0.3 is 4.74 Å². The zero-order valence-corrected chi connectivity index (χ0v) is 11.2. The van der Waals surface area contributed by atoms with Gasteiger partial charge in [0, 0.05) is 13.0 Å². The minimum atomic E-state index is -0.556. The molecule has 0 N–H and O–H groups in total. The number of carbonyl (C=O) groups is 2. The molecule has 1 aliphatic rings. The third-order valence-corrected chi connectivity index (χ3v) is 3.62. The highest BCUT2D eigenvalue weighted by molar-refractivity contribution is 6.33. The molecule has 0 atom stereocenters. The van der Waals surface area contributed by atoms with Crippen LogP contribution in [0.15, 0.2) is 0 Å². The van der Waals surface area contributed by atoms with E-state index in [0.29, 0.717) is 11.5 Å². The Labute approximate surface area is 110 Å². The number of methoxy groups -OCH3 is 1. The van der Waals surface area contributed by atoms with Gasteiger partial charge in [-0.2, -0.15) is 5.10 Å². The monoisotopic (exact) mass is 270 g/mol. The summed E-state index contributed by atoms with van der Waals surface area (Å²) in [6, 6.07) is 0. The van der Waals surface area contributed by atoms with Crippen molar-refractivity contribution < 1.29 is 14.3 Å². The normalized spacial score (nSPS) is 15.3. The van der Waals surface area contributed by atoms with E-state index in [1.807, 2.05) is 0 Å². The van der Waals surface area contributed by atoms with Crippen LogP contribution in [0.4, 0.5) is 0 Å². The van der Waals surface area contributed by atoms with Gasteiger partial charge in [0.05, 0.1) is 18.4 Å². The molecule has 0 aromatic carbocycles. The van der Waals surface area contributed by atoms with Crippen LogP contribution in [0.3, 0.4) is 0 Å². The SMILES string of the molecule is COC(=O)CC(=O)c1c(Cl)nn(C)c1C1CCC1. The smallest absolute Gasteiger partial charge is 0.313 e. The number of hydrogen-bond acceptors (Lipinski definition) is 4. The summed E-state index contributed by atoms with van der Waals surface area (Å²) < 4.78 is 6.15. The second-order valence-corrected chi connectivity index (χ2v) is 4.84.